The van der Waals surface area contributed by atoms with Crippen LogP contribution < -0.4 is 16.0 Å². The number of thioether (sulfide) groups is 1. The Kier molecular flexibility index (Phi) is 7.40. The van der Waals surface area contributed by atoms with Gasteiger partial charge in [0.2, 0.25) is 5.91 Å². The summed E-state index contributed by atoms with van der Waals surface area (Å²) in [6.07, 6.45) is 4.35. The van der Waals surface area contributed by atoms with Crippen molar-refractivity contribution in [1.82, 2.24) is 4.98 Å². The Labute approximate surface area is 125 Å². The van der Waals surface area contributed by atoms with Crippen LogP contribution in [-0.4, -0.2) is 42.0 Å². The van der Waals surface area contributed by atoms with Gasteiger partial charge in [0, 0.05) is 13.1 Å². The van der Waals surface area contributed by atoms with E-state index in [4.69, 9.17) is 5.73 Å². The minimum absolute atomic E-state index is 0.156. The zero-order valence-electron chi connectivity index (χ0n) is 12.4. The first-order chi connectivity index (χ1) is 9.62. The molecular weight excluding hydrogens is 272 g/mol. The van der Waals surface area contributed by atoms with Crippen LogP contribution in [0.2, 0.25) is 0 Å². The SMILES string of the molecule is CCN(CC)c1ccc(NC(=O)[C@@H](N)CCSC)cn1. The average molecular weight is 296 g/mol. The van der Waals surface area contributed by atoms with E-state index >= 15 is 0 Å². The first-order valence-electron chi connectivity index (χ1n) is 6.88. The minimum atomic E-state index is -0.468. The molecule has 0 radical (unpaired) electrons. The molecule has 1 amide bonds. The summed E-state index contributed by atoms with van der Waals surface area (Å²) in [6.45, 7) is 6.00. The Morgan fingerprint density at radius 2 is 2.15 bits per heavy atom. The molecule has 0 aliphatic heterocycles. The molecule has 0 saturated heterocycles. The first-order valence-corrected chi connectivity index (χ1v) is 8.28. The van der Waals surface area contributed by atoms with Crippen molar-refractivity contribution in [1.29, 1.82) is 0 Å². The molecule has 3 N–H and O–H groups in total. The van der Waals surface area contributed by atoms with Gasteiger partial charge in [-0.25, -0.2) is 4.98 Å². The molecule has 0 fully saturated rings. The molecule has 112 valence electrons. The van der Waals surface area contributed by atoms with Crippen LogP contribution in [-0.2, 0) is 4.79 Å². The number of rotatable bonds is 8. The van der Waals surface area contributed by atoms with Gasteiger partial charge >= 0.3 is 0 Å². The van der Waals surface area contributed by atoms with E-state index < -0.39 is 6.04 Å². The Bertz CT molecular complexity index is 406. The molecule has 0 bridgehead atoms. The lowest BCUT2D eigenvalue weighted by Gasteiger charge is -2.19. The van der Waals surface area contributed by atoms with Gasteiger partial charge in [0.15, 0.2) is 0 Å². The minimum Gasteiger partial charge on any atom is -0.357 e. The van der Waals surface area contributed by atoms with E-state index in [0.717, 1.165) is 24.7 Å². The molecule has 1 atom stereocenters. The molecule has 1 aromatic heterocycles. The second-order valence-electron chi connectivity index (χ2n) is 4.45. The summed E-state index contributed by atoms with van der Waals surface area (Å²) in [5.74, 6) is 1.64. The summed E-state index contributed by atoms with van der Waals surface area (Å²) in [5, 5.41) is 2.80. The molecule has 0 unspecified atom stereocenters. The van der Waals surface area contributed by atoms with Crippen LogP contribution in [0.3, 0.4) is 0 Å². The monoisotopic (exact) mass is 296 g/mol. The van der Waals surface area contributed by atoms with Gasteiger partial charge in [-0.1, -0.05) is 0 Å². The van der Waals surface area contributed by atoms with Crippen LogP contribution in [0.4, 0.5) is 11.5 Å². The number of nitrogens with one attached hydrogen (secondary N) is 1. The number of aromatic nitrogens is 1. The number of amides is 1. The van der Waals surface area contributed by atoms with E-state index in [9.17, 15) is 4.79 Å². The molecule has 1 aromatic rings. The highest BCUT2D eigenvalue weighted by Gasteiger charge is 2.13. The fraction of sp³-hybridized carbons (Fsp3) is 0.571. The summed E-state index contributed by atoms with van der Waals surface area (Å²) >= 11 is 1.69. The Morgan fingerprint density at radius 3 is 2.65 bits per heavy atom. The maximum atomic E-state index is 11.9. The number of nitrogens with two attached hydrogens (primary N) is 1. The van der Waals surface area contributed by atoms with Crippen LogP contribution in [0.15, 0.2) is 18.3 Å². The van der Waals surface area contributed by atoms with Crippen LogP contribution in [0.1, 0.15) is 20.3 Å². The first kappa shape index (κ1) is 16.8. The van der Waals surface area contributed by atoms with Gasteiger partial charge in [-0.3, -0.25) is 4.79 Å². The van der Waals surface area contributed by atoms with Crippen molar-refractivity contribution < 1.29 is 4.79 Å². The molecular formula is C14H24N4OS. The highest BCUT2D eigenvalue weighted by atomic mass is 32.2. The van der Waals surface area contributed by atoms with Crippen molar-refractivity contribution in [2.75, 3.05) is 35.3 Å². The predicted octanol–water partition coefficient (Wildman–Crippen LogP) is 1.95. The maximum Gasteiger partial charge on any atom is 0.241 e. The lowest BCUT2D eigenvalue weighted by atomic mass is 10.2. The molecule has 20 heavy (non-hydrogen) atoms. The number of hydrogen-bond donors (Lipinski definition) is 2. The smallest absolute Gasteiger partial charge is 0.241 e. The molecule has 0 aromatic carbocycles. The number of hydrogen-bond acceptors (Lipinski definition) is 5. The zero-order chi connectivity index (χ0) is 15.0. The molecule has 0 spiro atoms. The van der Waals surface area contributed by atoms with Gasteiger partial charge in [-0.2, -0.15) is 11.8 Å². The third kappa shape index (κ3) is 5.02. The number of carbonyl (C=O) groups excluding carboxylic acids is 1. The van der Waals surface area contributed by atoms with Crippen LogP contribution in [0, 0.1) is 0 Å². The van der Waals surface area contributed by atoms with Crippen molar-refractivity contribution >= 4 is 29.2 Å². The number of anilines is 2. The summed E-state index contributed by atoms with van der Waals surface area (Å²) in [6, 6.07) is 3.31. The van der Waals surface area contributed by atoms with Crippen LogP contribution in [0.5, 0.6) is 0 Å². The van der Waals surface area contributed by atoms with E-state index in [1.54, 1.807) is 18.0 Å². The quantitative estimate of drug-likeness (QED) is 0.767. The van der Waals surface area contributed by atoms with Gasteiger partial charge in [-0.15, -0.1) is 0 Å². The van der Waals surface area contributed by atoms with Crippen LogP contribution >= 0.6 is 11.8 Å². The second kappa shape index (κ2) is 8.81. The van der Waals surface area contributed by atoms with Gasteiger partial charge in [0.1, 0.15) is 5.82 Å². The number of carbonyl (C=O) groups is 1. The van der Waals surface area contributed by atoms with Gasteiger partial charge in [0.25, 0.3) is 0 Å². The Hall–Kier alpha value is -1.27. The highest BCUT2D eigenvalue weighted by molar-refractivity contribution is 7.98. The van der Waals surface area contributed by atoms with E-state index in [-0.39, 0.29) is 5.91 Å². The van der Waals surface area contributed by atoms with E-state index in [1.807, 2.05) is 18.4 Å². The Balaban J connectivity index is 2.58. The molecule has 5 nitrogen and oxygen atoms in total. The van der Waals surface area contributed by atoms with Gasteiger partial charge in [-0.05, 0) is 44.4 Å². The third-order valence-corrected chi connectivity index (χ3v) is 3.72. The van der Waals surface area contributed by atoms with Gasteiger partial charge < -0.3 is 16.0 Å². The third-order valence-electron chi connectivity index (χ3n) is 3.07. The molecule has 6 heteroatoms. The normalized spacial score (nSPS) is 12.0. The highest BCUT2D eigenvalue weighted by Crippen LogP contribution is 2.14. The van der Waals surface area contributed by atoms with Crippen molar-refractivity contribution in [3.05, 3.63) is 18.3 Å². The average Bonchev–Trinajstić information content (AvgIpc) is 2.47. The molecule has 0 aliphatic carbocycles. The summed E-state index contributed by atoms with van der Waals surface area (Å²) in [5.41, 5.74) is 6.50. The molecule has 1 heterocycles. The summed E-state index contributed by atoms with van der Waals surface area (Å²) in [7, 11) is 0. The maximum absolute atomic E-state index is 11.9. The fourth-order valence-corrected chi connectivity index (χ4v) is 2.30. The molecule has 0 aliphatic rings. The van der Waals surface area contributed by atoms with E-state index in [1.165, 1.54) is 0 Å². The van der Waals surface area contributed by atoms with Crippen molar-refractivity contribution in [3.8, 4) is 0 Å². The second-order valence-corrected chi connectivity index (χ2v) is 5.44. The molecule has 0 saturated carbocycles. The summed E-state index contributed by atoms with van der Waals surface area (Å²) in [4.78, 5) is 18.4. The topological polar surface area (TPSA) is 71.2 Å². The fourth-order valence-electron chi connectivity index (χ4n) is 1.81. The number of pyridine rings is 1. The summed E-state index contributed by atoms with van der Waals surface area (Å²) < 4.78 is 0. The predicted molar refractivity (Wildman–Crippen MR) is 87.4 cm³/mol. The largest absolute Gasteiger partial charge is 0.357 e. The lowest BCUT2D eigenvalue weighted by molar-refractivity contribution is -0.117. The standard InChI is InChI=1S/C14H24N4OS/c1-4-18(5-2)13-7-6-11(10-16-13)17-14(19)12(15)8-9-20-3/h6-7,10,12H,4-5,8-9,15H2,1-3H3,(H,17,19)/t12-/m0/s1. The van der Waals surface area contributed by atoms with Crippen molar-refractivity contribution in [2.24, 2.45) is 5.73 Å². The lowest BCUT2D eigenvalue weighted by Crippen LogP contribution is -2.36. The Morgan fingerprint density at radius 1 is 1.45 bits per heavy atom. The number of nitrogens with zero attached hydrogens (tertiary/aromatic N) is 2. The van der Waals surface area contributed by atoms with Crippen LogP contribution in [0.25, 0.3) is 0 Å². The molecule has 1 rings (SSSR count). The zero-order valence-corrected chi connectivity index (χ0v) is 13.2. The van der Waals surface area contributed by atoms with E-state index in [2.05, 4.69) is 29.0 Å². The van der Waals surface area contributed by atoms with E-state index in [0.29, 0.717) is 12.1 Å². The van der Waals surface area contributed by atoms with Crippen molar-refractivity contribution in [3.63, 3.8) is 0 Å². The van der Waals surface area contributed by atoms with Gasteiger partial charge in [0.05, 0.1) is 17.9 Å². The van der Waals surface area contributed by atoms with Crippen molar-refractivity contribution in [2.45, 2.75) is 26.3 Å².